The molecule has 0 saturated carbocycles. The molecule has 0 spiro atoms. The largest absolute Gasteiger partial charge is 0.357 e. The van der Waals surface area contributed by atoms with Crippen LogP contribution < -0.4 is 10.6 Å². The first kappa shape index (κ1) is 19.1. The molecule has 1 rings (SSSR count). The van der Waals surface area contributed by atoms with Gasteiger partial charge in [-0.3, -0.25) is 4.99 Å². The smallest absolute Gasteiger partial charge is 0.191 e. The van der Waals surface area contributed by atoms with Gasteiger partial charge in [-0.15, -0.1) is 0 Å². The Morgan fingerprint density at radius 3 is 2.59 bits per heavy atom. The van der Waals surface area contributed by atoms with Crippen molar-refractivity contribution in [2.24, 2.45) is 4.99 Å². The van der Waals surface area contributed by atoms with Crippen molar-refractivity contribution in [1.29, 1.82) is 0 Å². The number of hydrogen-bond acceptors (Lipinski definition) is 3. The number of nitrogens with zero attached hydrogens (tertiary/aromatic N) is 1. The number of sulfone groups is 1. The van der Waals surface area contributed by atoms with Gasteiger partial charge in [-0.25, -0.2) is 8.42 Å². The van der Waals surface area contributed by atoms with Gasteiger partial charge in [0, 0.05) is 22.8 Å². The number of guanidine groups is 1. The third-order valence-electron chi connectivity index (χ3n) is 2.86. The Balaban J connectivity index is 2.78. The standard InChI is InChI=1S/C14H21Cl2N3O2S/c1-4-17-14(18-7-8-22(3,20)21)19-10(2)12-6-5-11(15)9-13(12)16/h5-6,9-10H,4,7-8H2,1-3H3,(H2,17,18,19). The summed E-state index contributed by atoms with van der Waals surface area (Å²) in [6, 6.07) is 5.21. The number of nitrogens with one attached hydrogen (secondary N) is 2. The molecule has 0 heterocycles. The lowest BCUT2D eigenvalue weighted by molar-refractivity contribution is 0.601. The third kappa shape index (κ3) is 6.85. The van der Waals surface area contributed by atoms with Crippen molar-refractivity contribution < 1.29 is 8.42 Å². The fourth-order valence-corrected chi connectivity index (χ4v) is 2.77. The molecule has 0 saturated heterocycles. The Kier molecular flexibility index (Phi) is 7.45. The summed E-state index contributed by atoms with van der Waals surface area (Å²) in [6.45, 7) is 4.76. The van der Waals surface area contributed by atoms with Crippen LogP contribution in [0.25, 0.3) is 0 Å². The predicted octanol–water partition coefficient (Wildman–Crippen LogP) is 2.65. The monoisotopic (exact) mass is 365 g/mol. The van der Waals surface area contributed by atoms with Gasteiger partial charge >= 0.3 is 0 Å². The van der Waals surface area contributed by atoms with E-state index in [0.29, 0.717) is 22.5 Å². The number of halogens is 2. The van der Waals surface area contributed by atoms with Crippen molar-refractivity contribution >= 4 is 39.0 Å². The maximum atomic E-state index is 11.2. The van der Waals surface area contributed by atoms with Crippen LogP contribution in [-0.4, -0.2) is 39.5 Å². The zero-order chi connectivity index (χ0) is 16.8. The molecule has 124 valence electrons. The van der Waals surface area contributed by atoms with Crippen LogP contribution in [0.3, 0.4) is 0 Å². The highest BCUT2D eigenvalue weighted by molar-refractivity contribution is 7.90. The van der Waals surface area contributed by atoms with E-state index in [1.165, 1.54) is 6.26 Å². The van der Waals surface area contributed by atoms with Crippen LogP contribution >= 0.6 is 23.2 Å². The molecule has 0 radical (unpaired) electrons. The van der Waals surface area contributed by atoms with Crippen LogP contribution in [0.1, 0.15) is 25.5 Å². The summed E-state index contributed by atoms with van der Waals surface area (Å²) >= 11 is 12.1. The Bertz CT molecular complexity index is 633. The lowest BCUT2D eigenvalue weighted by Crippen LogP contribution is -2.39. The molecule has 1 aromatic rings. The highest BCUT2D eigenvalue weighted by Gasteiger charge is 2.12. The van der Waals surface area contributed by atoms with Gasteiger partial charge in [0.15, 0.2) is 5.96 Å². The van der Waals surface area contributed by atoms with Gasteiger partial charge in [0.05, 0.1) is 18.3 Å². The van der Waals surface area contributed by atoms with Gasteiger partial charge in [-0.05, 0) is 31.5 Å². The van der Waals surface area contributed by atoms with Crippen molar-refractivity contribution in [3.63, 3.8) is 0 Å². The van der Waals surface area contributed by atoms with Crippen LogP contribution in [0.15, 0.2) is 23.2 Å². The van der Waals surface area contributed by atoms with E-state index >= 15 is 0 Å². The summed E-state index contributed by atoms with van der Waals surface area (Å²) in [5.74, 6) is 0.560. The minimum absolute atomic E-state index is 0.0135. The first-order valence-corrected chi connectivity index (χ1v) is 9.72. The lowest BCUT2D eigenvalue weighted by Gasteiger charge is -2.19. The first-order chi connectivity index (χ1) is 10.2. The SMILES string of the molecule is CCNC(=NCCS(C)(=O)=O)NC(C)c1ccc(Cl)cc1Cl. The predicted molar refractivity (Wildman–Crippen MR) is 93.7 cm³/mol. The zero-order valence-electron chi connectivity index (χ0n) is 12.9. The second-order valence-electron chi connectivity index (χ2n) is 4.92. The highest BCUT2D eigenvalue weighted by Crippen LogP contribution is 2.25. The molecule has 5 nitrogen and oxygen atoms in total. The van der Waals surface area contributed by atoms with Gasteiger partial charge in [0.25, 0.3) is 0 Å². The molecule has 22 heavy (non-hydrogen) atoms. The molecule has 0 aliphatic carbocycles. The number of benzene rings is 1. The fourth-order valence-electron chi connectivity index (χ4n) is 1.78. The molecule has 1 atom stereocenters. The van der Waals surface area contributed by atoms with Gasteiger partial charge < -0.3 is 10.6 Å². The molecule has 0 fully saturated rings. The average molecular weight is 366 g/mol. The van der Waals surface area contributed by atoms with E-state index in [1.54, 1.807) is 12.1 Å². The minimum atomic E-state index is -3.03. The summed E-state index contributed by atoms with van der Waals surface area (Å²) in [5, 5.41) is 7.42. The summed E-state index contributed by atoms with van der Waals surface area (Å²) < 4.78 is 22.3. The van der Waals surface area contributed by atoms with Crippen molar-refractivity contribution in [1.82, 2.24) is 10.6 Å². The highest BCUT2D eigenvalue weighted by atomic mass is 35.5. The van der Waals surface area contributed by atoms with Gasteiger partial charge in [0.2, 0.25) is 0 Å². The molecule has 0 bridgehead atoms. The van der Waals surface area contributed by atoms with Crippen molar-refractivity contribution in [2.75, 3.05) is 25.1 Å². The van der Waals surface area contributed by atoms with Gasteiger partial charge in [-0.2, -0.15) is 0 Å². The van der Waals surface area contributed by atoms with Crippen LogP contribution in [0.4, 0.5) is 0 Å². The molecule has 0 aromatic heterocycles. The van der Waals surface area contributed by atoms with Crippen LogP contribution in [0.2, 0.25) is 10.0 Å². The lowest BCUT2D eigenvalue weighted by atomic mass is 10.1. The number of rotatable bonds is 6. The maximum absolute atomic E-state index is 11.2. The van der Waals surface area contributed by atoms with Crippen LogP contribution in [0, 0.1) is 0 Å². The molecular weight excluding hydrogens is 345 g/mol. The number of aliphatic imine (C=N–C) groups is 1. The Hall–Kier alpha value is -0.980. The van der Waals surface area contributed by atoms with E-state index in [2.05, 4.69) is 15.6 Å². The summed E-state index contributed by atoms with van der Waals surface area (Å²) in [5.41, 5.74) is 0.889. The van der Waals surface area contributed by atoms with E-state index < -0.39 is 9.84 Å². The maximum Gasteiger partial charge on any atom is 0.191 e. The Morgan fingerprint density at radius 2 is 2.05 bits per heavy atom. The molecule has 0 aliphatic rings. The first-order valence-electron chi connectivity index (χ1n) is 6.90. The quantitative estimate of drug-likeness (QED) is 0.600. The number of hydrogen-bond donors (Lipinski definition) is 2. The van der Waals surface area contributed by atoms with Crippen LogP contribution in [-0.2, 0) is 9.84 Å². The van der Waals surface area contributed by atoms with Crippen molar-refractivity contribution in [2.45, 2.75) is 19.9 Å². The zero-order valence-corrected chi connectivity index (χ0v) is 15.2. The summed E-state index contributed by atoms with van der Waals surface area (Å²) in [6.07, 6.45) is 1.19. The second kappa shape index (κ2) is 8.60. The second-order valence-corrected chi connectivity index (χ2v) is 8.03. The van der Waals surface area contributed by atoms with Crippen LogP contribution in [0.5, 0.6) is 0 Å². The van der Waals surface area contributed by atoms with Gasteiger partial charge in [0.1, 0.15) is 9.84 Å². The molecule has 8 heteroatoms. The molecule has 1 aromatic carbocycles. The molecular formula is C14H21Cl2N3O2S. The Labute approximate surface area is 142 Å². The van der Waals surface area contributed by atoms with E-state index in [4.69, 9.17) is 23.2 Å². The third-order valence-corrected chi connectivity index (χ3v) is 4.35. The average Bonchev–Trinajstić information content (AvgIpc) is 2.37. The molecule has 0 aliphatic heterocycles. The molecule has 1 unspecified atom stereocenters. The Morgan fingerprint density at radius 1 is 1.36 bits per heavy atom. The van der Waals surface area contributed by atoms with Crippen molar-refractivity contribution in [3.05, 3.63) is 33.8 Å². The van der Waals surface area contributed by atoms with Crippen molar-refractivity contribution in [3.8, 4) is 0 Å². The normalized spacial score (nSPS) is 13.8. The topological polar surface area (TPSA) is 70.6 Å². The molecule has 2 N–H and O–H groups in total. The van der Waals surface area contributed by atoms with E-state index in [0.717, 1.165) is 5.56 Å². The van der Waals surface area contributed by atoms with E-state index in [-0.39, 0.29) is 18.3 Å². The fraction of sp³-hybridized carbons (Fsp3) is 0.500. The molecule has 0 amide bonds. The van der Waals surface area contributed by atoms with Gasteiger partial charge in [-0.1, -0.05) is 29.3 Å². The summed E-state index contributed by atoms with van der Waals surface area (Å²) in [4.78, 5) is 4.26. The summed E-state index contributed by atoms with van der Waals surface area (Å²) in [7, 11) is -3.03. The van der Waals surface area contributed by atoms with E-state index in [1.807, 2.05) is 19.9 Å². The minimum Gasteiger partial charge on any atom is -0.357 e. The van der Waals surface area contributed by atoms with E-state index in [9.17, 15) is 8.42 Å².